The summed E-state index contributed by atoms with van der Waals surface area (Å²) in [5.74, 6) is 0. The summed E-state index contributed by atoms with van der Waals surface area (Å²) in [5, 5.41) is 0. The fourth-order valence-electron chi connectivity index (χ4n) is 0.865. The Bertz CT molecular complexity index is 495. The molecule has 0 bridgehead atoms. The normalized spacial score (nSPS) is 11.9. The number of hydrogen-bond acceptors (Lipinski definition) is 5. The van der Waals surface area contributed by atoms with Gasteiger partial charge in [-0.3, -0.25) is 4.18 Å². The second-order valence-electron chi connectivity index (χ2n) is 2.27. The number of rotatable bonds is 3. The highest BCUT2D eigenvalue weighted by Crippen LogP contribution is 2.25. The third-order valence-corrected chi connectivity index (χ3v) is 5.08. The highest BCUT2D eigenvalue weighted by molar-refractivity contribution is 14.2. The van der Waals surface area contributed by atoms with Crippen LogP contribution in [0.1, 0.15) is 0 Å². The number of benzene rings is 1. The summed E-state index contributed by atoms with van der Waals surface area (Å²) in [6.07, 6.45) is 0. The van der Waals surface area contributed by atoms with E-state index in [0.29, 0.717) is 0 Å². The van der Waals surface area contributed by atoms with Crippen LogP contribution < -0.4 is 0 Å². The topological polar surface area (TPSA) is 77.5 Å². The lowest BCUT2D eigenvalue weighted by atomic mass is 10.4. The second-order valence-corrected chi connectivity index (χ2v) is 6.35. The van der Waals surface area contributed by atoms with E-state index in [4.69, 9.17) is 0 Å². The van der Waals surface area contributed by atoms with Crippen molar-refractivity contribution in [1.29, 1.82) is 0 Å². The van der Waals surface area contributed by atoms with Crippen LogP contribution in [0.3, 0.4) is 0 Å². The van der Waals surface area contributed by atoms with E-state index in [1.54, 1.807) is 0 Å². The van der Waals surface area contributed by atoms with Crippen LogP contribution in [0.15, 0.2) is 29.2 Å². The summed E-state index contributed by atoms with van der Waals surface area (Å²) in [5.41, 5.74) is 0. The van der Waals surface area contributed by atoms with Crippen molar-refractivity contribution in [2.24, 2.45) is 0 Å². The molecule has 0 atom stereocenters. The molecule has 0 radical (unpaired) electrons. The zero-order valence-corrected chi connectivity index (χ0v) is 10.1. The molecule has 0 heterocycles. The predicted octanol–water partition coefficient (Wildman–Crippen LogP) is 1.39. The van der Waals surface area contributed by atoms with Gasteiger partial charge in [0.2, 0.25) is 0 Å². The Morgan fingerprint density at radius 1 is 1.21 bits per heavy atom. The summed E-state index contributed by atoms with van der Waals surface area (Å²) < 4.78 is 48.2. The molecule has 5 nitrogen and oxygen atoms in total. The van der Waals surface area contributed by atoms with Gasteiger partial charge in [-0.05, 0) is 12.1 Å². The lowest BCUT2D eigenvalue weighted by Gasteiger charge is -2.01. The molecule has 0 spiro atoms. The molecular formula is C7H7IO5S. The molecule has 1 rings (SSSR count). The SMILES string of the molecule is COS(=O)(=O)c1ccccc1I(=O)=O. The van der Waals surface area contributed by atoms with Gasteiger partial charge in [-0.2, -0.15) is 8.42 Å². The smallest absolute Gasteiger partial charge is 0.270 e. The summed E-state index contributed by atoms with van der Waals surface area (Å²) in [6, 6.07) is 5.35. The van der Waals surface area contributed by atoms with Crippen LogP contribution in [0.25, 0.3) is 0 Å². The van der Waals surface area contributed by atoms with Crippen LogP contribution in [-0.2, 0) is 20.4 Å². The molecule has 0 unspecified atom stereocenters. The van der Waals surface area contributed by atoms with Crippen LogP contribution in [-0.4, -0.2) is 15.5 Å². The van der Waals surface area contributed by atoms with E-state index in [2.05, 4.69) is 4.18 Å². The molecule has 0 aliphatic carbocycles. The molecule has 0 N–H and O–H groups in total. The lowest BCUT2D eigenvalue weighted by molar-refractivity contribution is 0.397. The maximum Gasteiger partial charge on any atom is 0.342 e. The van der Waals surface area contributed by atoms with Crippen molar-refractivity contribution in [2.75, 3.05) is 7.11 Å². The molecule has 78 valence electrons. The van der Waals surface area contributed by atoms with Gasteiger partial charge in [0.1, 0.15) is 4.90 Å². The third kappa shape index (κ3) is 2.28. The molecule has 7 heteroatoms. The van der Waals surface area contributed by atoms with Crippen molar-refractivity contribution in [3.8, 4) is 0 Å². The van der Waals surface area contributed by atoms with Gasteiger partial charge in [-0.1, -0.05) is 12.1 Å². The van der Waals surface area contributed by atoms with Gasteiger partial charge in [0.25, 0.3) is 10.1 Å². The molecule has 0 aliphatic rings. The molecular weight excluding hydrogens is 323 g/mol. The van der Waals surface area contributed by atoms with E-state index in [-0.39, 0.29) is 8.47 Å². The fraction of sp³-hybridized carbons (Fsp3) is 0.143. The Balaban J connectivity index is 3.50. The fourth-order valence-corrected chi connectivity index (χ4v) is 3.94. The maximum atomic E-state index is 11.3. The van der Waals surface area contributed by atoms with Gasteiger partial charge < -0.3 is 0 Å². The van der Waals surface area contributed by atoms with Crippen LogP contribution in [0.4, 0.5) is 0 Å². The molecule has 0 aromatic heterocycles. The van der Waals surface area contributed by atoms with E-state index in [9.17, 15) is 14.6 Å². The number of hydrogen-bond donors (Lipinski definition) is 0. The van der Waals surface area contributed by atoms with E-state index in [1.807, 2.05) is 0 Å². The Hall–Kier alpha value is -0.540. The highest BCUT2D eigenvalue weighted by atomic mass is 127. The Kier molecular flexibility index (Phi) is 3.56. The summed E-state index contributed by atoms with van der Waals surface area (Å²) in [4.78, 5) is -0.294. The van der Waals surface area contributed by atoms with E-state index in [0.717, 1.165) is 7.11 Å². The molecule has 1 aromatic carbocycles. The Morgan fingerprint density at radius 3 is 2.29 bits per heavy atom. The Labute approximate surface area is 88.4 Å². The maximum absolute atomic E-state index is 11.3. The molecule has 14 heavy (non-hydrogen) atoms. The van der Waals surface area contributed by atoms with Crippen LogP contribution in [0, 0.1) is 3.57 Å². The minimum Gasteiger partial charge on any atom is -0.270 e. The zero-order valence-electron chi connectivity index (χ0n) is 7.14. The van der Waals surface area contributed by atoms with Crippen molar-refractivity contribution in [1.82, 2.24) is 0 Å². The Morgan fingerprint density at radius 2 is 1.79 bits per heavy atom. The van der Waals surface area contributed by atoms with E-state index >= 15 is 0 Å². The van der Waals surface area contributed by atoms with Gasteiger partial charge in [-0.15, -0.1) is 0 Å². The largest absolute Gasteiger partial charge is 0.342 e. The summed E-state index contributed by atoms with van der Waals surface area (Å²) in [6.45, 7) is 0. The van der Waals surface area contributed by atoms with Crippen molar-refractivity contribution < 1.29 is 18.7 Å². The third-order valence-electron chi connectivity index (χ3n) is 1.49. The average Bonchev–Trinajstić information content (AvgIpc) is 2.18. The van der Waals surface area contributed by atoms with Crippen LogP contribution >= 0.6 is 19.8 Å². The highest BCUT2D eigenvalue weighted by Gasteiger charge is 2.19. The average molecular weight is 330 g/mol. The minimum absolute atomic E-state index is 0.168. The van der Waals surface area contributed by atoms with E-state index < -0.39 is 29.9 Å². The van der Waals surface area contributed by atoms with E-state index in [1.165, 1.54) is 24.3 Å². The first-order valence-electron chi connectivity index (χ1n) is 3.44. The zero-order chi connectivity index (χ0) is 10.8. The van der Waals surface area contributed by atoms with Gasteiger partial charge in [0.15, 0.2) is 0 Å². The van der Waals surface area contributed by atoms with Gasteiger partial charge in [0.05, 0.1) is 10.7 Å². The quantitative estimate of drug-likeness (QED) is 0.618. The van der Waals surface area contributed by atoms with Crippen molar-refractivity contribution in [2.45, 2.75) is 4.90 Å². The van der Waals surface area contributed by atoms with Crippen molar-refractivity contribution in [3.05, 3.63) is 27.8 Å². The van der Waals surface area contributed by atoms with Gasteiger partial charge in [0, 0.05) is 0 Å². The second kappa shape index (κ2) is 4.32. The van der Waals surface area contributed by atoms with Crippen LogP contribution in [0.5, 0.6) is 0 Å². The van der Waals surface area contributed by atoms with Crippen molar-refractivity contribution in [3.63, 3.8) is 0 Å². The van der Waals surface area contributed by atoms with Crippen molar-refractivity contribution >= 4 is 29.9 Å². The molecule has 0 amide bonds. The van der Waals surface area contributed by atoms with Crippen LogP contribution in [0.2, 0.25) is 0 Å². The van der Waals surface area contributed by atoms with Gasteiger partial charge >= 0.3 is 19.8 Å². The summed E-state index contributed by atoms with van der Waals surface area (Å²) >= 11 is -3.81. The molecule has 0 saturated carbocycles. The lowest BCUT2D eigenvalue weighted by Crippen LogP contribution is -2.04. The predicted molar refractivity (Wildman–Crippen MR) is 54.7 cm³/mol. The molecule has 1 aromatic rings. The monoisotopic (exact) mass is 330 g/mol. The molecule has 0 fully saturated rings. The first-order valence-corrected chi connectivity index (χ1v) is 7.69. The minimum atomic E-state index is -3.93. The number of halogens is 1. The van der Waals surface area contributed by atoms with Gasteiger partial charge in [-0.25, -0.2) is 6.14 Å². The first-order chi connectivity index (χ1) is 6.49. The molecule has 0 aliphatic heterocycles. The summed E-state index contributed by atoms with van der Waals surface area (Å²) in [7, 11) is -2.95. The standard InChI is InChI=1S/C7H7IO5S/c1-13-14(11,12)7-5-3-2-4-6(7)8(9)10/h2-5H,1H3. The first kappa shape index (κ1) is 11.5. The molecule has 0 saturated heterocycles.